The molecule has 0 heterocycles. The number of nitrogens with one attached hydrogen (secondary N) is 2. The molecule has 0 aromatic heterocycles. The summed E-state index contributed by atoms with van der Waals surface area (Å²) in [4.78, 5) is 0. The molecule has 0 aliphatic carbocycles. The van der Waals surface area contributed by atoms with Crippen LogP contribution < -0.4 is 10.8 Å². The van der Waals surface area contributed by atoms with Gasteiger partial charge in [0, 0.05) is 18.8 Å². The topological polar surface area (TPSA) is 44.3 Å². The van der Waals surface area contributed by atoms with E-state index in [1.54, 1.807) is 0 Å². The van der Waals surface area contributed by atoms with Gasteiger partial charge in [0.1, 0.15) is 0 Å². The zero-order valence-electron chi connectivity index (χ0n) is 9.56. The van der Waals surface area contributed by atoms with Crippen LogP contribution in [0.3, 0.4) is 0 Å². The maximum atomic E-state index is 8.58. The van der Waals surface area contributed by atoms with E-state index in [9.17, 15) is 0 Å². The molecule has 2 aromatic rings. The lowest BCUT2D eigenvalue weighted by Gasteiger charge is -2.07. The van der Waals surface area contributed by atoms with Crippen LogP contribution in [0.15, 0.2) is 54.6 Å². The van der Waals surface area contributed by atoms with Crippen molar-refractivity contribution in [1.82, 2.24) is 5.48 Å². The zero-order valence-corrected chi connectivity index (χ0v) is 9.56. The summed E-state index contributed by atoms with van der Waals surface area (Å²) in [6, 6.07) is 18.2. The number of hydrogen-bond donors (Lipinski definition) is 3. The Labute approximate surface area is 101 Å². The van der Waals surface area contributed by atoms with Crippen molar-refractivity contribution in [3.63, 3.8) is 0 Å². The van der Waals surface area contributed by atoms with Gasteiger partial charge in [-0.1, -0.05) is 42.5 Å². The molecule has 2 aromatic carbocycles. The summed E-state index contributed by atoms with van der Waals surface area (Å²) in [5.74, 6) is 0. The van der Waals surface area contributed by atoms with Gasteiger partial charge in [0.2, 0.25) is 0 Å². The lowest BCUT2D eigenvalue weighted by atomic mass is 10.1. The van der Waals surface area contributed by atoms with E-state index in [0.29, 0.717) is 6.54 Å². The summed E-state index contributed by atoms with van der Waals surface area (Å²) in [5, 5.41) is 11.9. The minimum Gasteiger partial charge on any atom is -0.381 e. The van der Waals surface area contributed by atoms with Gasteiger partial charge in [-0.25, -0.2) is 5.48 Å². The van der Waals surface area contributed by atoms with E-state index in [0.717, 1.165) is 17.8 Å². The molecule has 3 nitrogen and oxygen atoms in total. The van der Waals surface area contributed by atoms with Crippen molar-refractivity contribution in [3.8, 4) is 0 Å². The van der Waals surface area contributed by atoms with Crippen LogP contribution in [0.4, 0.5) is 5.69 Å². The smallest absolute Gasteiger partial charge is 0.0458 e. The van der Waals surface area contributed by atoms with Crippen molar-refractivity contribution in [3.05, 3.63) is 65.7 Å². The maximum Gasteiger partial charge on any atom is 0.0458 e. The van der Waals surface area contributed by atoms with Crippen LogP contribution in [-0.4, -0.2) is 5.21 Å². The summed E-state index contributed by atoms with van der Waals surface area (Å²) in [6.07, 6.45) is 0. The predicted octanol–water partition coefficient (Wildman–Crippen LogP) is 2.78. The third-order valence-corrected chi connectivity index (χ3v) is 2.58. The summed E-state index contributed by atoms with van der Waals surface area (Å²) in [7, 11) is 0. The fraction of sp³-hybridized carbons (Fsp3) is 0.143. The molecule has 3 N–H and O–H groups in total. The number of hydroxylamine groups is 1. The van der Waals surface area contributed by atoms with E-state index in [1.165, 1.54) is 5.56 Å². The lowest BCUT2D eigenvalue weighted by Crippen LogP contribution is -2.06. The second-order valence-electron chi connectivity index (χ2n) is 3.87. The molecular weight excluding hydrogens is 212 g/mol. The van der Waals surface area contributed by atoms with Crippen LogP contribution in [0, 0.1) is 0 Å². The van der Waals surface area contributed by atoms with Crippen LogP contribution in [0.25, 0.3) is 0 Å². The summed E-state index contributed by atoms with van der Waals surface area (Å²) in [6.45, 7) is 1.28. The standard InChI is InChI=1S/C14H16N2O/c17-16-11-13-8-6-12(7-9-13)10-15-14-4-2-1-3-5-14/h1-9,15-17H,10-11H2. The minimum atomic E-state index is 0.479. The van der Waals surface area contributed by atoms with Crippen molar-refractivity contribution in [2.45, 2.75) is 13.1 Å². The molecule has 0 amide bonds. The highest BCUT2D eigenvalue weighted by atomic mass is 16.5. The molecule has 0 radical (unpaired) electrons. The van der Waals surface area contributed by atoms with Crippen LogP contribution in [0.2, 0.25) is 0 Å². The highest BCUT2D eigenvalue weighted by Gasteiger charge is 1.95. The Bertz CT molecular complexity index is 440. The molecule has 0 fully saturated rings. The average Bonchev–Trinajstić information content (AvgIpc) is 2.40. The summed E-state index contributed by atoms with van der Waals surface area (Å²) < 4.78 is 0. The Morgan fingerprint density at radius 2 is 1.35 bits per heavy atom. The molecule has 0 aliphatic rings. The molecule has 0 aliphatic heterocycles. The third-order valence-electron chi connectivity index (χ3n) is 2.58. The zero-order chi connectivity index (χ0) is 11.9. The maximum absolute atomic E-state index is 8.58. The SMILES string of the molecule is ONCc1ccc(CNc2ccccc2)cc1. The van der Waals surface area contributed by atoms with Gasteiger partial charge in [0.25, 0.3) is 0 Å². The fourth-order valence-electron chi connectivity index (χ4n) is 1.63. The second-order valence-corrected chi connectivity index (χ2v) is 3.87. The number of rotatable bonds is 5. The lowest BCUT2D eigenvalue weighted by molar-refractivity contribution is 0.161. The number of para-hydroxylation sites is 1. The van der Waals surface area contributed by atoms with Crippen LogP contribution in [0.5, 0.6) is 0 Å². The molecule has 3 heteroatoms. The van der Waals surface area contributed by atoms with Crippen molar-refractivity contribution >= 4 is 5.69 Å². The predicted molar refractivity (Wildman–Crippen MR) is 68.8 cm³/mol. The van der Waals surface area contributed by atoms with E-state index < -0.39 is 0 Å². The normalized spacial score (nSPS) is 10.2. The molecule has 17 heavy (non-hydrogen) atoms. The van der Waals surface area contributed by atoms with E-state index >= 15 is 0 Å². The Balaban J connectivity index is 1.91. The number of benzene rings is 2. The molecule has 0 saturated heterocycles. The molecule has 2 rings (SSSR count). The minimum absolute atomic E-state index is 0.479. The highest BCUT2D eigenvalue weighted by molar-refractivity contribution is 5.43. The highest BCUT2D eigenvalue weighted by Crippen LogP contribution is 2.09. The number of anilines is 1. The molecule has 0 atom stereocenters. The molecule has 0 spiro atoms. The largest absolute Gasteiger partial charge is 0.381 e. The Kier molecular flexibility index (Phi) is 4.13. The molecule has 0 unspecified atom stereocenters. The van der Waals surface area contributed by atoms with Crippen LogP contribution >= 0.6 is 0 Å². The van der Waals surface area contributed by atoms with E-state index in [-0.39, 0.29) is 0 Å². The Hall–Kier alpha value is -1.84. The van der Waals surface area contributed by atoms with Crippen molar-refractivity contribution in [2.24, 2.45) is 0 Å². The van der Waals surface area contributed by atoms with Gasteiger partial charge in [0.05, 0.1) is 0 Å². The summed E-state index contributed by atoms with van der Waals surface area (Å²) in [5.41, 5.74) is 5.55. The van der Waals surface area contributed by atoms with Gasteiger partial charge in [-0.3, -0.25) is 0 Å². The van der Waals surface area contributed by atoms with Crippen LogP contribution in [-0.2, 0) is 13.1 Å². The van der Waals surface area contributed by atoms with Gasteiger partial charge in [0.15, 0.2) is 0 Å². The average molecular weight is 228 g/mol. The van der Waals surface area contributed by atoms with Crippen LogP contribution in [0.1, 0.15) is 11.1 Å². The van der Waals surface area contributed by atoms with Gasteiger partial charge >= 0.3 is 0 Å². The van der Waals surface area contributed by atoms with Crippen molar-refractivity contribution < 1.29 is 5.21 Å². The van der Waals surface area contributed by atoms with Crippen molar-refractivity contribution in [1.29, 1.82) is 0 Å². The second kappa shape index (κ2) is 6.03. The first-order valence-electron chi connectivity index (χ1n) is 5.62. The van der Waals surface area contributed by atoms with Gasteiger partial charge in [-0.2, -0.15) is 0 Å². The van der Waals surface area contributed by atoms with Crippen molar-refractivity contribution in [2.75, 3.05) is 5.32 Å². The molecule has 0 saturated carbocycles. The monoisotopic (exact) mass is 228 g/mol. The van der Waals surface area contributed by atoms with E-state index in [1.807, 2.05) is 42.5 Å². The van der Waals surface area contributed by atoms with Gasteiger partial charge in [-0.05, 0) is 23.3 Å². The van der Waals surface area contributed by atoms with E-state index in [2.05, 4.69) is 22.9 Å². The summed E-state index contributed by atoms with van der Waals surface area (Å²) >= 11 is 0. The molecule has 0 bridgehead atoms. The Morgan fingerprint density at radius 1 is 0.765 bits per heavy atom. The Morgan fingerprint density at radius 3 is 1.94 bits per heavy atom. The first-order valence-corrected chi connectivity index (χ1v) is 5.62. The van der Waals surface area contributed by atoms with Gasteiger partial charge in [-0.15, -0.1) is 0 Å². The fourth-order valence-corrected chi connectivity index (χ4v) is 1.63. The first-order chi connectivity index (χ1) is 8.38. The first kappa shape index (κ1) is 11.6. The quantitative estimate of drug-likeness (QED) is 0.689. The number of hydrogen-bond acceptors (Lipinski definition) is 3. The van der Waals surface area contributed by atoms with Gasteiger partial charge < -0.3 is 10.5 Å². The third kappa shape index (κ3) is 3.59. The molecular formula is C14H16N2O. The molecule has 88 valence electrons. The van der Waals surface area contributed by atoms with E-state index in [4.69, 9.17) is 5.21 Å².